The molecule has 0 heterocycles. The van der Waals surface area contributed by atoms with E-state index in [0.29, 0.717) is 5.69 Å². The molecule has 4 nitrogen and oxygen atoms in total. The van der Waals surface area contributed by atoms with Gasteiger partial charge in [-0.1, -0.05) is 12.1 Å². The zero-order valence-electron chi connectivity index (χ0n) is 9.27. The quantitative estimate of drug-likeness (QED) is 0.823. The molecule has 0 unspecified atom stereocenters. The lowest BCUT2D eigenvalue weighted by Crippen LogP contribution is -2.20. The molecule has 0 atom stereocenters. The number of nitrogens with one attached hydrogen (secondary N) is 1. The van der Waals surface area contributed by atoms with Gasteiger partial charge in [0, 0.05) is 20.0 Å². The van der Waals surface area contributed by atoms with Crippen molar-refractivity contribution in [3.8, 4) is 0 Å². The Hall–Kier alpha value is -0.940. The van der Waals surface area contributed by atoms with E-state index in [1.54, 1.807) is 12.1 Å². The van der Waals surface area contributed by atoms with Crippen LogP contribution in [-0.2, 0) is 10.0 Å². The maximum Gasteiger partial charge on any atom is 0.233 e. The molecule has 0 bridgehead atoms. The Morgan fingerprint density at radius 3 is 2.50 bits per heavy atom. The molecular weight excluding hydrogens is 248 g/mol. The van der Waals surface area contributed by atoms with Crippen LogP contribution < -0.4 is 9.62 Å². The molecule has 0 aliphatic heterocycles. The van der Waals surface area contributed by atoms with Crippen molar-refractivity contribution in [2.45, 2.75) is 0 Å². The topological polar surface area (TPSA) is 49.4 Å². The minimum absolute atomic E-state index is 0.0828. The van der Waals surface area contributed by atoms with Gasteiger partial charge in [-0.05, 0) is 12.1 Å². The lowest BCUT2D eigenvalue weighted by molar-refractivity contribution is 0.602. The van der Waals surface area contributed by atoms with Gasteiger partial charge in [0.05, 0.1) is 17.1 Å². The van der Waals surface area contributed by atoms with Crippen molar-refractivity contribution in [3.05, 3.63) is 24.3 Å². The van der Waals surface area contributed by atoms with Crippen LogP contribution in [0.15, 0.2) is 24.3 Å². The standard InChI is InChI=1S/C10H15ClN2O2S/c1-13(2)10-6-4-3-5-9(10)12-16(14,15)8-7-11/h3-6,12H,7-8H2,1-2H3. The molecule has 0 aliphatic rings. The number of hydrogen-bond acceptors (Lipinski definition) is 3. The van der Waals surface area contributed by atoms with Crippen LogP contribution in [0.4, 0.5) is 11.4 Å². The van der Waals surface area contributed by atoms with Crippen LogP contribution in [0.5, 0.6) is 0 Å². The Bertz CT molecular complexity index is 446. The van der Waals surface area contributed by atoms with Gasteiger partial charge < -0.3 is 4.90 Å². The molecular formula is C10H15ClN2O2S. The molecule has 1 N–H and O–H groups in total. The van der Waals surface area contributed by atoms with Gasteiger partial charge in [-0.2, -0.15) is 0 Å². The van der Waals surface area contributed by atoms with Crippen molar-refractivity contribution in [3.63, 3.8) is 0 Å². The van der Waals surface area contributed by atoms with E-state index in [1.807, 2.05) is 31.1 Å². The predicted molar refractivity (Wildman–Crippen MR) is 68.9 cm³/mol. The zero-order chi connectivity index (χ0) is 12.2. The number of anilines is 2. The molecule has 0 radical (unpaired) electrons. The van der Waals surface area contributed by atoms with Gasteiger partial charge in [0.25, 0.3) is 0 Å². The fourth-order valence-corrected chi connectivity index (χ4v) is 2.69. The fraction of sp³-hybridized carbons (Fsp3) is 0.400. The lowest BCUT2D eigenvalue weighted by Gasteiger charge is -2.18. The van der Waals surface area contributed by atoms with Crippen molar-refractivity contribution in [2.75, 3.05) is 35.4 Å². The third kappa shape index (κ3) is 3.57. The number of nitrogens with zero attached hydrogens (tertiary/aromatic N) is 1. The van der Waals surface area contributed by atoms with Gasteiger partial charge in [-0.3, -0.25) is 4.72 Å². The van der Waals surface area contributed by atoms with E-state index in [1.165, 1.54) is 0 Å². The summed E-state index contributed by atoms with van der Waals surface area (Å²) in [6.45, 7) is 0. The highest BCUT2D eigenvalue weighted by Crippen LogP contribution is 2.24. The summed E-state index contributed by atoms with van der Waals surface area (Å²) in [5.74, 6) is -0.00418. The second kappa shape index (κ2) is 5.41. The van der Waals surface area contributed by atoms with E-state index in [2.05, 4.69) is 4.72 Å². The Morgan fingerprint density at radius 1 is 1.31 bits per heavy atom. The van der Waals surface area contributed by atoms with Crippen LogP contribution in [0.1, 0.15) is 0 Å². The van der Waals surface area contributed by atoms with E-state index in [0.717, 1.165) is 5.69 Å². The fourth-order valence-electron chi connectivity index (χ4n) is 1.27. The molecule has 1 aromatic carbocycles. The van der Waals surface area contributed by atoms with Crippen LogP contribution >= 0.6 is 11.6 Å². The van der Waals surface area contributed by atoms with Crippen molar-refractivity contribution >= 4 is 33.0 Å². The first kappa shape index (κ1) is 13.1. The van der Waals surface area contributed by atoms with Crippen molar-refractivity contribution in [2.24, 2.45) is 0 Å². The molecule has 0 saturated carbocycles. The molecule has 1 aromatic rings. The van der Waals surface area contributed by atoms with Gasteiger partial charge in [0.2, 0.25) is 10.0 Å². The number of benzene rings is 1. The number of sulfonamides is 1. The number of hydrogen-bond donors (Lipinski definition) is 1. The summed E-state index contributed by atoms with van der Waals surface area (Å²) >= 11 is 5.43. The third-order valence-electron chi connectivity index (χ3n) is 2.00. The molecule has 0 fully saturated rings. The van der Waals surface area contributed by atoms with E-state index >= 15 is 0 Å². The third-order valence-corrected chi connectivity index (χ3v) is 3.68. The molecule has 90 valence electrons. The molecule has 0 aliphatic carbocycles. The molecule has 16 heavy (non-hydrogen) atoms. The summed E-state index contributed by atoms with van der Waals surface area (Å²) < 4.78 is 25.6. The Morgan fingerprint density at radius 2 is 1.94 bits per heavy atom. The highest BCUT2D eigenvalue weighted by molar-refractivity contribution is 7.92. The largest absolute Gasteiger partial charge is 0.376 e. The Labute approximate surface area is 101 Å². The van der Waals surface area contributed by atoms with Gasteiger partial charge in [-0.15, -0.1) is 11.6 Å². The lowest BCUT2D eigenvalue weighted by atomic mass is 10.2. The van der Waals surface area contributed by atoms with Gasteiger partial charge in [0.1, 0.15) is 0 Å². The average Bonchev–Trinajstić information content (AvgIpc) is 2.17. The van der Waals surface area contributed by atoms with Crippen molar-refractivity contribution in [1.29, 1.82) is 0 Å². The number of para-hydroxylation sites is 2. The normalized spacial score (nSPS) is 11.2. The maximum atomic E-state index is 11.6. The SMILES string of the molecule is CN(C)c1ccccc1NS(=O)(=O)CCCl. The van der Waals surface area contributed by atoms with Crippen LogP contribution in [-0.4, -0.2) is 34.1 Å². The summed E-state index contributed by atoms with van der Waals surface area (Å²) in [6, 6.07) is 7.21. The maximum absolute atomic E-state index is 11.6. The van der Waals surface area contributed by atoms with E-state index in [9.17, 15) is 8.42 Å². The monoisotopic (exact) mass is 262 g/mol. The van der Waals surface area contributed by atoms with Crippen LogP contribution in [0, 0.1) is 0 Å². The van der Waals surface area contributed by atoms with Gasteiger partial charge in [-0.25, -0.2) is 8.42 Å². The summed E-state index contributed by atoms with van der Waals surface area (Å²) in [5, 5.41) is 0. The molecule has 0 amide bonds. The Kier molecular flexibility index (Phi) is 4.44. The summed E-state index contributed by atoms with van der Waals surface area (Å²) in [7, 11) is 0.362. The average molecular weight is 263 g/mol. The first-order valence-electron chi connectivity index (χ1n) is 4.79. The minimum atomic E-state index is -3.35. The first-order chi connectivity index (χ1) is 7.46. The van der Waals surface area contributed by atoms with Crippen LogP contribution in [0.3, 0.4) is 0 Å². The second-order valence-electron chi connectivity index (χ2n) is 3.52. The number of halogens is 1. The van der Waals surface area contributed by atoms with Gasteiger partial charge >= 0.3 is 0 Å². The van der Waals surface area contributed by atoms with E-state index in [-0.39, 0.29) is 11.6 Å². The summed E-state index contributed by atoms with van der Waals surface area (Å²) in [5.41, 5.74) is 1.39. The van der Waals surface area contributed by atoms with Gasteiger partial charge in [0.15, 0.2) is 0 Å². The number of rotatable bonds is 5. The Balaban J connectivity index is 2.97. The highest BCUT2D eigenvalue weighted by atomic mass is 35.5. The predicted octanol–water partition coefficient (Wildman–Crippen LogP) is 1.73. The second-order valence-corrected chi connectivity index (χ2v) is 5.74. The van der Waals surface area contributed by atoms with E-state index < -0.39 is 10.0 Å². The van der Waals surface area contributed by atoms with E-state index in [4.69, 9.17) is 11.6 Å². The molecule has 1 rings (SSSR count). The number of alkyl halides is 1. The molecule has 0 spiro atoms. The first-order valence-corrected chi connectivity index (χ1v) is 6.98. The summed E-state index contributed by atoms with van der Waals surface area (Å²) in [4.78, 5) is 1.85. The van der Waals surface area contributed by atoms with Crippen molar-refractivity contribution in [1.82, 2.24) is 0 Å². The van der Waals surface area contributed by atoms with Crippen LogP contribution in [0.25, 0.3) is 0 Å². The highest BCUT2D eigenvalue weighted by Gasteiger charge is 2.12. The molecule has 6 heteroatoms. The minimum Gasteiger partial charge on any atom is -0.376 e. The molecule has 0 aromatic heterocycles. The summed E-state index contributed by atoms with van der Waals surface area (Å²) in [6.07, 6.45) is 0. The molecule has 0 saturated heterocycles. The smallest absolute Gasteiger partial charge is 0.233 e. The van der Waals surface area contributed by atoms with Crippen molar-refractivity contribution < 1.29 is 8.42 Å². The van der Waals surface area contributed by atoms with Crippen LogP contribution in [0.2, 0.25) is 0 Å². The zero-order valence-corrected chi connectivity index (χ0v) is 10.8.